The van der Waals surface area contributed by atoms with Gasteiger partial charge in [-0.05, 0) is 63.9 Å². The van der Waals surface area contributed by atoms with Crippen molar-refractivity contribution in [3.63, 3.8) is 0 Å². The summed E-state index contributed by atoms with van der Waals surface area (Å²) in [6, 6.07) is 4.26. The van der Waals surface area contributed by atoms with E-state index in [-0.39, 0.29) is 24.0 Å². The Balaban J connectivity index is 0.00000312. The standard InChI is InChI=1S/C19H35N5.HI/c1-5-11-24-13-9-17(10-14-24)15-21-19(20-6-2)23(4)16-18-8-7-12-22(18)3;/h7-8,12,17H,5-6,9-11,13-16H2,1-4H3,(H,20,21);1H. The summed E-state index contributed by atoms with van der Waals surface area (Å²) in [6.45, 7) is 10.9. The van der Waals surface area contributed by atoms with Gasteiger partial charge < -0.3 is 19.7 Å². The summed E-state index contributed by atoms with van der Waals surface area (Å²) in [5.41, 5.74) is 1.30. The quantitative estimate of drug-likeness (QED) is 0.385. The van der Waals surface area contributed by atoms with Crippen molar-refractivity contribution < 1.29 is 0 Å². The van der Waals surface area contributed by atoms with Crippen molar-refractivity contribution in [3.05, 3.63) is 24.0 Å². The molecule has 2 heterocycles. The van der Waals surface area contributed by atoms with Crippen molar-refractivity contribution in [3.8, 4) is 0 Å². The van der Waals surface area contributed by atoms with Gasteiger partial charge in [0.1, 0.15) is 0 Å². The molecule has 1 aliphatic heterocycles. The molecule has 6 heteroatoms. The maximum absolute atomic E-state index is 4.92. The van der Waals surface area contributed by atoms with Crippen molar-refractivity contribution in [2.75, 3.05) is 39.8 Å². The molecule has 1 saturated heterocycles. The SMILES string of the molecule is CCCN1CCC(CN=C(NCC)N(C)Cc2cccn2C)CC1.I. The maximum atomic E-state index is 4.92. The number of halogens is 1. The number of likely N-dealkylation sites (tertiary alicyclic amines) is 1. The van der Waals surface area contributed by atoms with Crippen LogP contribution in [-0.4, -0.2) is 60.1 Å². The number of aliphatic imine (C=N–C) groups is 1. The van der Waals surface area contributed by atoms with Crippen LogP contribution in [0.2, 0.25) is 0 Å². The number of piperidine rings is 1. The fraction of sp³-hybridized carbons (Fsp3) is 0.737. The molecule has 0 aliphatic carbocycles. The maximum Gasteiger partial charge on any atom is 0.194 e. The molecule has 1 aromatic rings. The van der Waals surface area contributed by atoms with Crippen molar-refractivity contribution in [1.29, 1.82) is 0 Å². The zero-order valence-corrected chi connectivity index (χ0v) is 18.7. The summed E-state index contributed by atoms with van der Waals surface area (Å²) >= 11 is 0. The number of guanidine groups is 1. The topological polar surface area (TPSA) is 35.8 Å². The number of aryl methyl sites for hydroxylation is 1. The number of nitrogens with zero attached hydrogens (tertiary/aromatic N) is 4. The average molecular weight is 461 g/mol. The number of hydrogen-bond donors (Lipinski definition) is 1. The summed E-state index contributed by atoms with van der Waals surface area (Å²) in [5.74, 6) is 1.75. The Hall–Kier alpha value is -0.760. The van der Waals surface area contributed by atoms with Gasteiger partial charge in [0.05, 0.1) is 6.54 Å². The predicted octanol–water partition coefficient (Wildman–Crippen LogP) is 3.16. The highest BCUT2D eigenvalue weighted by Gasteiger charge is 2.18. The van der Waals surface area contributed by atoms with Crippen LogP contribution in [0.1, 0.15) is 38.8 Å². The highest BCUT2D eigenvalue weighted by atomic mass is 127. The molecule has 0 aromatic carbocycles. The molecule has 25 heavy (non-hydrogen) atoms. The van der Waals surface area contributed by atoms with E-state index in [9.17, 15) is 0 Å². The molecule has 2 rings (SSSR count). The summed E-state index contributed by atoms with van der Waals surface area (Å²) in [4.78, 5) is 9.74. The van der Waals surface area contributed by atoms with Crippen LogP contribution < -0.4 is 5.32 Å². The molecule has 0 atom stereocenters. The Bertz CT molecular complexity index is 506. The number of nitrogens with one attached hydrogen (secondary N) is 1. The summed E-state index contributed by atoms with van der Waals surface area (Å²) in [5, 5.41) is 3.44. The van der Waals surface area contributed by atoms with E-state index >= 15 is 0 Å². The van der Waals surface area contributed by atoms with E-state index in [2.05, 4.69) is 66.0 Å². The second-order valence-corrected chi connectivity index (χ2v) is 6.95. The first-order valence-electron chi connectivity index (χ1n) is 9.46. The Morgan fingerprint density at radius 2 is 2.04 bits per heavy atom. The van der Waals surface area contributed by atoms with E-state index in [0.717, 1.165) is 31.5 Å². The van der Waals surface area contributed by atoms with Gasteiger partial charge in [-0.3, -0.25) is 4.99 Å². The van der Waals surface area contributed by atoms with E-state index in [1.54, 1.807) is 0 Å². The van der Waals surface area contributed by atoms with Crippen LogP contribution in [0.3, 0.4) is 0 Å². The largest absolute Gasteiger partial charge is 0.357 e. The van der Waals surface area contributed by atoms with Gasteiger partial charge in [0.2, 0.25) is 0 Å². The van der Waals surface area contributed by atoms with E-state index in [4.69, 9.17) is 4.99 Å². The van der Waals surface area contributed by atoms with Gasteiger partial charge in [0.15, 0.2) is 5.96 Å². The van der Waals surface area contributed by atoms with E-state index in [1.165, 1.54) is 44.6 Å². The highest BCUT2D eigenvalue weighted by molar-refractivity contribution is 14.0. The minimum atomic E-state index is 0. The second-order valence-electron chi connectivity index (χ2n) is 6.95. The molecule has 0 spiro atoms. The van der Waals surface area contributed by atoms with Crippen molar-refractivity contribution in [2.45, 2.75) is 39.7 Å². The van der Waals surface area contributed by atoms with E-state index in [0.29, 0.717) is 0 Å². The zero-order chi connectivity index (χ0) is 17.4. The predicted molar refractivity (Wildman–Crippen MR) is 118 cm³/mol. The van der Waals surface area contributed by atoms with Gasteiger partial charge in [-0.15, -0.1) is 24.0 Å². The Morgan fingerprint density at radius 3 is 2.60 bits per heavy atom. The third kappa shape index (κ3) is 7.17. The number of hydrogen-bond acceptors (Lipinski definition) is 2. The molecule has 0 bridgehead atoms. The Labute approximate surface area is 170 Å². The number of aromatic nitrogens is 1. The monoisotopic (exact) mass is 461 g/mol. The fourth-order valence-corrected chi connectivity index (χ4v) is 3.37. The third-order valence-corrected chi connectivity index (χ3v) is 4.89. The lowest BCUT2D eigenvalue weighted by atomic mass is 9.97. The molecule has 1 aromatic heterocycles. The minimum Gasteiger partial charge on any atom is -0.357 e. The first-order valence-corrected chi connectivity index (χ1v) is 9.46. The van der Waals surface area contributed by atoms with Crippen molar-refractivity contribution in [1.82, 2.24) is 19.7 Å². The van der Waals surface area contributed by atoms with Crippen LogP contribution in [-0.2, 0) is 13.6 Å². The molecule has 5 nitrogen and oxygen atoms in total. The molecule has 0 unspecified atom stereocenters. The molecule has 0 amide bonds. The lowest BCUT2D eigenvalue weighted by Gasteiger charge is -2.31. The fourth-order valence-electron chi connectivity index (χ4n) is 3.37. The highest BCUT2D eigenvalue weighted by Crippen LogP contribution is 2.17. The van der Waals surface area contributed by atoms with E-state index < -0.39 is 0 Å². The van der Waals surface area contributed by atoms with Gasteiger partial charge in [-0.2, -0.15) is 0 Å². The van der Waals surface area contributed by atoms with Crippen LogP contribution in [0.25, 0.3) is 0 Å². The first-order chi connectivity index (χ1) is 11.6. The smallest absolute Gasteiger partial charge is 0.194 e. The molecule has 0 saturated carbocycles. The molecular weight excluding hydrogens is 425 g/mol. The molecule has 1 fully saturated rings. The zero-order valence-electron chi connectivity index (χ0n) is 16.4. The summed E-state index contributed by atoms with van der Waals surface area (Å²) < 4.78 is 2.17. The van der Waals surface area contributed by atoms with Gasteiger partial charge in [0.25, 0.3) is 0 Å². The van der Waals surface area contributed by atoms with Crippen LogP contribution in [0, 0.1) is 5.92 Å². The lowest BCUT2D eigenvalue weighted by Crippen LogP contribution is -2.40. The van der Waals surface area contributed by atoms with Gasteiger partial charge >= 0.3 is 0 Å². The second kappa shape index (κ2) is 11.8. The molecule has 1 aliphatic rings. The third-order valence-electron chi connectivity index (χ3n) is 4.89. The van der Waals surface area contributed by atoms with Crippen LogP contribution in [0.15, 0.2) is 23.3 Å². The van der Waals surface area contributed by atoms with Crippen molar-refractivity contribution in [2.24, 2.45) is 18.0 Å². The van der Waals surface area contributed by atoms with Crippen molar-refractivity contribution >= 4 is 29.9 Å². The first kappa shape index (κ1) is 22.3. The van der Waals surface area contributed by atoms with Crippen LogP contribution >= 0.6 is 24.0 Å². The molecule has 0 radical (unpaired) electrons. The Morgan fingerprint density at radius 1 is 1.32 bits per heavy atom. The average Bonchev–Trinajstić information content (AvgIpc) is 2.98. The summed E-state index contributed by atoms with van der Waals surface area (Å²) in [6.07, 6.45) is 5.92. The van der Waals surface area contributed by atoms with Gasteiger partial charge in [-0.25, -0.2) is 0 Å². The number of rotatable bonds is 7. The van der Waals surface area contributed by atoms with Gasteiger partial charge in [0, 0.05) is 39.1 Å². The molecule has 144 valence electrons. The Kier molecular flexibility index (Phi) is 10.5. The van der Waals surface area contributed by atoms with Gasteiger partial charge in [-0.1, -0.05) is 6.92 Å². The van der Waals surface area contributed by atoms with E-state index in [1.807, 2.05) is 0 Å². The van der Waals surface area contributed by atoms with Crippen LogP contribution in [0.5, 0.6) is 0 Å². The molecular formula is C19H36IN5. The normalized spacial score (nSPS) is 16.6. The minimum absolute atomic E-state index is 0. The summed E-state index contributed by atoms with van der Waals surface area (Å²) in [7, 11) is 4.22. The van der Waals surface area contributed by atoms with Crippen LogP contribution in [0.4, 0.5) is 0 Å². The molecule has 1 N–H and O–H groups in total. The lowest BCUT2D eigenvalue weighted by molar-refractivity contribution is 0.188.